The molecule has 0 aromatic carbocycles. The molecule has 1 saturated carbocycles. The van der Waals surface area contributed by atoms with Crippen LogP contribution in [0.1, 0.15) is 63.1 Å². The number of piperazine rings is 1. The minimum Gasteiger partial charge on any atom is -0.301 e. The fraction of sp³-hybridized carbons (Fsp3) is 0.640. The molecule has 4 heterocycles. The molecule has 0 radical (unpaired) electrons. The van der Waals surface area contributed by atoms with Crippen molar-refractivity contribution in [2.24, 2.45) is 5.92 Å². The van der Waals surface area contributed by atoms with Crippen molar-refractivity contribution in [1.82, 2.24) is 34.2 Å². The van der Waals surface area contributed by atoms with Gasteiger partial charge in [0.25, 0.3) is 0 Å². The lowest BCUT2D eigenvalue weighted by molar-refractivity contribution is 0.107. The second-order valence-electron chi connectivity index (χ2n) is 9.83. The summed E-state index contributed by atoms with van der Waals surface area (Å²) in [6, 6.07) is 2.26. The van der Waals surface area contributed by atoms with Crippen molar-refractivity contribution in [2.75, 3.05) is 39.3 Å². The van der Waals surface area contributed by atoms with Crippen LogP contribution in [-0.4, -0.2) is 73.4 Å². The van der Waals surface area contributed by atoms with Crippen molar-refractivity contribution in [1.29, 1.82) is 0 Å². The number of rotatable bonds is 6. The summed E-state index contributed by atoms with van der Waals surface area (Å²) < 4.78 is 18.4. The highest BCUT2D eigenvalue weighted by Gasteiger charge is 2.28. The van der Waals surface area contributed by atoms with Gasteiger partial charge >= 0.3 is 0 Å². The van der Waals surface area contributed by atoms with Crippen molar-refractivity contribution in [3.05, 3.63) is 36.0 Å². The number of hydrogen-bond acceptors (Lipinski definition) is 5. The maximum Gasteiger partial charge on any atom is 0.163 e. The lowest BCUT2D eigenvalue weighted by atomic mass is 9.85. The number of fused-ring (bicyclic) bond motifs is 1. The van der Waals surface area contributed by atoms with Gasteiger partial charge in [-0.2, -0.15) is 10.2 Å². The Hall–Kier alpha value is -2.32. The molecule has 2 aliphatic rings. The van der Waals surface area contributed by atoms with Gasteiger partial charge in [-0.25, -0.2) is 13.9 Å². The molecule has 1 unspecified atom stereocenters. The Balaban J connectivity index is 1.28. The molecule has 0 bridgehead atoms. The molecule has 1 saturated heterocycles. The Bertz CT molecular complexity index is 1070. The lowest BCUT2D eigenvalue weighted by Crippen LogP contribution is -2.47. The third kappa shape index (κ3) is 4.68. The fourth-order valence-corrected chi connectivity index (χ4v) is 5.49. The molecule has 0 N–H and O–H groups in total. The summed E-state index contributed by atoms with van der Waals surface area (Å²) >= 11 is 0. The van der Waals surface area contributed by atoms with Crippen LogP contribution in [0.3, 0.4) is 0 Å². The summed E-state index contributed by atoms with van der Waals surface area (Å²) in [6.45, 7) is 12.9. The van der Waals surface area contributed by atoms with Gasteiger partial charge in [0.15, 0.2) is 5.65 Å². The van der Waals surface area contributed by atoms with Crippen molar-refractivity contribution in [2.45, 2.75) is 58.7 Å². The van der Waals surface area contributed by atoms with Crippen molar-refractivity contribution < 1.29 is 4.39 Å². The van der Waals surface area contributed by atoms with E-state index in [4.69, 9.17) is 5.10 Å². The quantitative estimate of drug-likeness (QED) is 0.557. The summed E-state index contributed by atoms with van der Waals surface area (Å²) in [7, 11) is 0. The average molecular weight is 454 g/mol. The molecule has 2 fully saturated rings. The molecule has 1 aliphatic heterocycles. The first kappa shape index (κ1) is 22.5. The van der Waals surface area contributed by atoms with Gasteiger partial charge in [-0.3, -0.25) is 4.68 Å². The molecule has 1 atom stereocenters. The number of nitrogens with zero attached hydrogens (tertiary/aromatic N) is 7. The molecule has 7 nitrogen and oxygen atoms in total. The number of aromatic nitrogens is 5. The van der Waals surface area contributed by atoms with E-state index in [2.05, 4.69) is 26.8 Å². The topological polar surface area (TPSA) is 54.5 Å². The van der Waals surface area contributed by atoms with E-state index in [9.17, 15) is 4.39 Å². The molecular formula is C25H36FN7. The smallest absolute Gasteiger partial charge is 0.163 e. The minimum atomic E-state index is -1.14. The zero-order chi connectivity index (χ0) is 22.9. The van der Waals surface area contributed by atoms with Crippen molar-refractivity contribution in [3.63, 3.8) is 0 Å². The summed E-state index contributed by atoms with van der Waals surface area (Å²) in [6.07, 6.45) is 9.20. The number of likely N-dealkylation sites (N-methyl/N-ethyl adjacent to an activating group) is 1. The molecule has 3 aromatic rings. The molecule has 0 spiro atoms. The molecule has 1 aliphatic carbocycles. The van der Waals surface area contributed by atoms with Gasteiger partial charge in [0.1, 0.15) is 11.9 Å². The first-order valence-corrected chi connectivity index (χ1v) is 12.5. The van der Waals surface area contributed by atoms with E-state index in [1.807, 2.05) is 30.1 Å². The van der Waals surface area contributed by atoms with Gasteiger partial charge in [0, 0.05) is 56.4 Å². The molecular weight excluding hydrogens is 417 g/mol. The van der Waals surface area contributed by atoms with Crippen LogP contribution in [-0.2, 0) is 0 Å². The highest BCUT2D eigenvalue weighted by molar-refractivity contribution is 5.78. The first-order valence-electron chi connectivity index (χ1n) is 12.5. The summed E-state index contributed by atoms with van der Waals surface area (Å²) in [5.74, 6) is 0.760. The molecule has 8 heteroatoms. The first-order chi connectivity index (χ1) is 16.0. The van der Waals surface area contributed by atoms with Crippen LogP contribution in [0.25, 0.3) is 16.8 Å². The molecule has 178 valence electrons. The Labute approximate surface area is 195 Å². The zero-order valence-electron chi connectivity index (χ0n) is 20.1. The maximum atomic E-state index is 14.6. The summed E-state index contributed by atoms with van der Waals surface area (Å²) in [5, 5.41) is 9.16. The molecule has 33 heavy (non-hydrogen) atoms. The van der Waals surface area contributed by atoms with E-state index in [0.29, 0.717) is 11.7 Å². The van der Waals surface area contributed by atoms with E-state index in [1.54, 1.807) is 17.6 Å². The van der Waals surface area contributed by atoms with Crippen molar-refractivity contribution >= 4 is 5.65 Å². The average Bonchev–Trinajstić information content (AvgIpc) is 3.44. The predicted octanol–water partition coefficient (Wildman–Crippen LogP) is 4.30. The minimum absolute atomic E-state index is 0.334. The third-order valence-corrected chi connectivity index (χ3v) is 7.55. The van der Waals surface area contributed by atoms with E-state index < -0.39 is 6.17 Å². The lowest BCUT2D eigenvalue weighted by Gasteiger charge is -2.37. The van der Waals surface area contributed by atoms with E-state index >= 15 is 0 Å². The van der Waals surface area contributed by atoms with Gasteiger partial charge in [0.05, 0.1) is 17.8 Å². The SMILES string of the molecule is CCN1CCN(CC2CCC(n3cc(-c4cnn5ccc(C)nc45)c(C(C)F)n3)CC2)CC1. The van der Waals surface area contributed by atoms with E-state index in [0.717, 1.165) is 47.8 Å². The van der Waals surface area contributed by atoms with Gasteiger partial charge < -0.3 is 9.80 Å². The number of halogens is 1. The Kier molecular flexibility index (Phi) is 6.47. The second-order valence-corrected chi connectivity index (χ2v) is 9.83. The van der Waals surface area contributed by atoms with Crippen LogP contribution in [0.4, 0.5) is 4.39 Å². The maximum absolute atomic E-state index is 14.6. The molecule has 5 rings (SSSR count). The summed E-state index contributed by atoms with van der Waals surface area (Å²) in [5.41, 5.74) is 3.83. The van der Waals surface area contributed by atoms with Crippen molar-refractivity contribution in [3.8, 4) is 11.1 Å². The number of hydrogen-bond donors (Lipinski definition) is 0. The van der Waals surface area contributed by atoms with E-state index in [-0.39, 0.29) is 0 Å². The summed E-state index contributed by atoms with van der Waals surface area (Å²) in [4.78, 5) is 9.82. The van der Waals surface area contributed by atoms with Crippen LogP contribution in [0.15, 0.2) is 24.7 Å². The largest absolute Gasteiger partial charge is 0.301 e. The Morgan fingerprint density at radius 1 is 1.06 bits per heavy atom. The van der Waals surface area contributed by atoms with E-state index in [1.165, 1.54) is 45.6 Å². The number of aryl methyl sites for hydroxylation is 1. The normalized spacial score (nSPS) is 23.9. The highest BCUT2D eigenvalue weighted by Crippen LogP contribution is 2.37. The van der Waals surface area contributed by atoms with Gasteiger partial charge in [-0.1, -0.05) is 6.92 Å². The standard InChI is InChI=1S/C25H36FN7/c1-4-30-11-13-31(14-12-30)16-20-5-7-21(8-6-20)33-17-23(24(29-33)19(3)26)22-15-27-32-10-9-18(2)28-25(22)32/h9-10,15,17,19-21H,4-8,11-14,16H2,1-3H3. The Morgan fingerprint density at radius 3 is 2.48 bits per heavy atom. The third-order valence-electron chi connectivity index (χ3n) is 7.55. The van der Waals surface area contributed by atoms with Crippen LogP contribution >= 0.6 is 0 Å². The van der Waals surface area contributed by atoms with Crippen LogP contribution in [0, 0.1) is 12.8 Å². The predicted molar refractivity (Wildman–Crippen MR) is 128 cm³/mol. The van der Waals surface area contributed by atoms with Crippen LogP contribution in [0.2, 0.25) is 0 Å². The molecule has 3 aromatic heterocycles. The second kappa shape index (κ2) is 9.50. The van der Waals surface area contributed by atoms with Crippen LogP contribution < -0.4 is 0 Å². The monoisotopic (exact) mass is 453 g/mol. The van der Waals surface area contributed by atoms with Gasteiger partial charge in [0.2, 0.25) is 0 Å². The van der Waals surface area contributed by atoms with Gasteiger partial charge in [-0.05, 0) is 58.1 Å². The Morgan fingerprint density at radius 2 is 1.79 bits per heavy atom. The fourth-order valence-electron chi connectivity index (χ4n) is 5.49. The number of alkyl halides is 1. The highest BCUT2D eigenvalue weighted by atomic mass is 19.1. The van der Waals surface area contributed by atoms with Gasteiger partial charge in [-0.15, -0.1) is 0 Å². The zero-order valence-corrected chi connectivity index (χ0v) is 20.1. The molecule has 0 amide bonds. The van der Waals surface area contributed by atoms with Crippen LogP contribution in [0.5, 0.6) is 0 Å².